The van der Waals surface area contributed by atoms with E-state index in [0.29, 0.717) is 5.69 Å². The van der Waals surface area contributed by atoms with Crippen LogP contribution in [0.3, 0.4) is 0 Å². The van der Waals surface area contributed by atoms with E-state index in [2.05, 4.69) is 11.9 Å². The van der Waals surface area contributed by atoms with Crippen molar-refractivity contribution < 1.29 is 9.53 Å². The fourth-order valence-electron chi connectivity index (χ4n) is 1.50. The zero-order valence-electron chi connectivity index (χ0n) is 10.0. The van der Waals surface area contributed by atoms with E-state index in [9.17, 15) is 4.79 Å². The largest absolute Gasteiger partial charge is 0.492 e. The van der Waals surface area contributed by atoms with Crippen LogP contribution in [0.4, 0.5) is 0 Å². The first-order chi connectivity index (χ1) is 7.77. The molecule has 1 rings (SSSR count). The molecule has 0 N–H and O–H groups in total. The summed E-state index contributed by atoms with van der Waals surface area (Å²) in [6.07, 6.45) is 5.51. The molecule has 0 fully saturated rings. The van der Waals surface area contributed by atoms with E-state index in [-0.39, 0.29) is 0 Å². The molecular formula is C13H19NO2. The summed E-state index contributed by atoms with van der Waals surface area (Å²) < 4.78 is 5.60. The molecule has 1 aromatic rings. The number of rotatable bonds is 7. The van der Waals surface area contributed by atoms with Crippen molar-refractivity contribution in [1.82, 2.24) is 4.98 Å². The zero-order valence-corrected chi connectivity index (χ0v) is 10.0. The Bertz CT molecular complexity index is 337. The zero-order chi connectivity index (χ0) is 11.8. The number of hydrogen-bond acceptors (Lipinski definition) is 3. The quantitative estimate of drug-likeness (QED) is 0.524. The van der Waals surface area contributed by atoms with Crippen LogP contribution in [0.5, 0.6) is 5.75 Å². The van der Waals surface area contributed by atoms with Gasteiger partial charge in [0.1, 0.15) is 11.4 Å². The molecule has 0 saturated carbocycles. The summed E-state index contributed by atoms with van der Waals surface area (Å²) in [5.41, 5.74) is 1.23. The maximum absolute atomic E-state index is 10.5. The van der Waals surface area contributed by atoms with Gasteiger partial charge in [-0.2, -0.15) is 0 Å². The molecular weight excluding hydrogens is 202 g/mol. The normalized spacial score (nSPS) is 10.1. The van der Waals surface area contributed by atoms with Crippen LogP contribution in [0.25, 0.3) is 0 Å². The highest BCUT2D eigenvalue weighted by Crippen LogP contribution is 2.15. The van der Waals surface area contributed by atoms with Crippen LogP contribution in [0.2, 0.25) is 0 Å². The first-order valence-electron chi connectivity index (χ1n) is 5.83. The number of carbonyl (C=O) groups excluding carboxylic acids is 1. The Morgan fingerprint density at radius 1 is 1.31 bits per heavy atom. The molecule has 0 unspecified atom stereocenters. The Morgan fingerprint density at radius 3 is 2.75 bits per heavy atom. The topological polar surface area (TPSA) is 39.2 Å². The third kappa shape index (κ3) is 4.01. The molecule has 0 aliphatic carbocycles. The molecule has 3 nitrogen and oxygen atoms in total. The molecule has 0 aliphatic rings. The van der Waals surface area contributed by atoms with Gasteiger partial charge in [-0.15, -0.1) is 0 Å². The van der Waals surface area contributed by atoms with Gasteiger partial charge in [0, 0.05) is 0 Å². The summed E-state index contributed by atoms with van der Waals surface area (Å²) in [6, 6.07) is 3.49. The van der Waals surface area contributed by atoms with Crippen molar-refractivity contribution >= 4 is 6.29 Å². The fourth-order valence-corrected chi connectivity index (χ4v) is 1.50. The fraction of sp³-hybridized carbons (Fsp3) is 0.538. The van der Waals surface area contributed by atoms with Crippen LogP contribution in [0.15, 0.2) is 12.1 Å². The lowest BCUT2D eigenvalue weighted by Gasteiger charge is -2.08. The van der Waals surface area contributed by atoms with Gasteiger partial charge in [-0.05, 0) is 25.5 Å². The van der Waals surface area contributed by atoms with E-state index >= 15 is 0 Å². The van der Waals surface area contributed by atoms with Gasteiger partial charge in [0.15, 0.2) is 6.29 Å². The summed E-state index contributed by atoms with van der Waals surface area (Å²) in [7, 11) is 0. The average Bonchev–Trinajstić information content (AvgIpc) is 2.30. The molecule has 0 spiro atoms. The average molecular weight is 221 g/mol. The summed E-state index contributed by atoms with van der Waals surface area (Å²) in [5.74, 6) is 0.780. The number of hydrogen-bond donors (Lipinski definition) is 0. The Kier molecular flexibility index (Phi) is 5.54. The number of carbonyl (C=O) groups is 1. The van der Waals surface area contributed by atoms with E-state index in [1.807, 2.05) is 13.0 Å². The van der Waals surface area contributed by atoms with Crippen molar-refractivity contribution in [2.75, 3.05) is 6.61 Å². The van der Waals surface area contributed by atoms with Gasteiger partial charge in [0.25, 0.3) is 0 Å². The third-order valence-corrected chi connectivity index (χ3v) is 2.44. The molecule has 1 heterocycles. The molecule has 0 saturated heterocycles. The standard InChI is InChI=1S/C13H19NO2/c1-3-4-5-6-9-16-13-8-7-12(10-15)14-11(13)2/h7-8,10H,3-6,9H2,1-2H3. The SMILES string of the molecule is CCCCCCOc1ccc(C=O)nc1C. The van der Waals surface area contributed by atoms with Crippen LogP contribution in [-0.4, -0.2) is 17.9 Å². The predicted molar refractivity (Wildman–Crippen MR) is 64.0 cm³/mol. The molecule has 88 valence electrons. The monoisotopic (exact) mass is 221 g/mol. The molecule has 3 heteroatoms. The van der Waals surface area contributed by atoms with Crippen molar-refractivity contribution in [3.05, 3.63) is 23.5 Å². The summed E-state index contributed by atoms with van der Waals surface area (Å²) in [4.78, 5) is 14.6. The van der Waals surface area contributed by atoms with Crippen LogP contribution in [-0.2, 0) is 0 Å². The molecule has 0 amide bonds. The van der Waals surface area contributed by atoms with Gasteiger partial charge >= 0.3 is 0 Å². The molecule has 0 atom stereocenters. The maximum atomic E-state index is 10.5. The van der Waals surface area contributed by atoms with E-state index in [1.165, 1.54) is 19.3 Å². The second-order valence-electron chi connectivity index (χ2n) is 3.85. The summed E-state index contributed by atoms with van der Waals surface area (Å²) in [5, 5.41) is 0. The number of pyridine rings is 1. The molecule has 0 radical (unpaired) electrons. The van der Waals surface area contributed by atoms with Crippen LogP contribution in [0.1, 0.15) is 48.8 Å². The van der Waals surface area contributed by atoms with E-state index in [0.717, 1.165) is 30.8 Å². The number of nitrogens with zero attached hydrogens (tertiary/aromatic N) is 1. The highest BCUT2D eigenvalue weighted by atomic mass is 16.5. The smallest absolute Gasteiger partial charge is 0.168 e. The summed E-state index contributed by atoms with van der Waals surface area (Å²) in [6.45, 7) is 4.77. The van der Waals surface area contributed by atoms with Gasteiger partial charge < -0.3 is 4.74 Å². The lowest BCUT2D eigenvalue weighted by Crippen LogP contribution is -2.01. The first-order valence-corrected chi connectivity index (χ1v) is 5.83. The number of unbranched alkanes of at least 4 members (excludes halogenated alkanes) is 3. The van der Waals surface area contributed by atoms with Gasteiger partial charge in [0.2, 0.25) is 0 Å². The minimum Gasteiger partial charge on any atom is -0.492 e. The van der Waals surface area contributed by atoms with Gasteiger partial charge in [-0.1, -0.05) is 26.2 Å². The molecule has 1 aromatic heterocycles. The van der Waals surface area contributed by atoms with Gasteiger partial charge in [-0.3, -0.25) is 4.79 Å². The number of aryl methyl sites for hydroxylation is 1. The van der Waals surface area contributed by atoms with Crippen molar-refractivity contribution in [3.8, 4) is 5.75 Å². The molecule has 0 bridgehead atoms. The molecule has 16 heavy (non-hydrogen) atoms. The van der Waals surface area contributed by atoms with Crippen molar-refractivity contribution in [3.63, 3.8) is 0 Å². The van der Waals surface area contributed by atoms with Gasteiger partial charge in [-0.25, -0.2) is 4.98 Å². The number of aldehydes is 1. The number of aromatic nitrogens is 1. The molecule has 0 aromatic carbocycles. The first kappa shape index (κ1) is 12.7. The number of ether oxygens (including phenoxy) is 1. The Labute approximate surface area is 96.8 Å². The van der Waals surface area contributed by atoms with E-state index in [1.54, 1.807) is 6.07 Å². The van der Waals surface area contributed by atoms with Crippen LogP contribution in [0, 0.1) is 6.92 Å². The van der Waals surface area contributed by atoms with Crippen molar-refractivity contribution in [2.24, 2.45) is 0 Å². The lowest BCUT2D eigenvalue weighted by atomic mass is 10.2. The minimum atomic E-state index is 0.454. The van der Waals surface area contributed by atoms with E-state index in [4.69, 9.17) is 4.74 Å². The third-order valence-electron chi connectivity index (χ3n) is 2.44. The Balaban J connectivity index is 2.39. The van der Waals surface area contributed by atoms with E-state index < -0.39 is 0 Å². The predicted octanol–water partition coefficient (Wildman–Crippen LogP) is 3.16. The highest BCUT2D eigenvalue weighted by molar-refractivity contribution is 5.71. The minimum absolute atomic E-state index is 0.454. The summed E-state index contributed by atoms with van der Waals surface area (Å²) >= 11 is 0. The van der Waals surface area contributed by atoms with Gasteiger partial charge in [0.05, 0.1) is 12.3 Å². The lowest BCUT2D eigenvalue weighted by molar-refractivity contribution is 0.111. The Hall–Kier alpha value is -1.38. The highest BCUT2D eigenvalue weighted by Gasteiger charge is 2.01. The molecule has 0 aliphatic heterocycles. The Morgan fingerprint density at radius 2 is 2.12 bits per heavy atom. The maximum Gasteiger partial charge on any atom is 0.168 e. The second-order valence-corrected chi connectivity index (χ2v) is 3.85. The van der Waals surface area contributed by atoms with Crippen LogP contribution < -0.4 is 4.74 Å². The van der Waals surface area contributed by atoms with Crippen molar-refractivity contribution in [1.29, 1.82) is 0 Å². The van der Waals surface area contributed by atoms with Crippen molar-refractivity contribution in [2.45, 2.75) is 39.5 Å². The van der Waals surface area contributed by atoms with Crippen LogP contribution >= 0.6 is 0 Å². The second kappa shape index (κ2) is 6.99.